The molecule has 0 spiro atoms. The zero-order chi connectivity index (χ0) is 21.9. The van der Waals surface area contributed by atoms with Crippen LogP contribution in [0.4, 0.5) is 4.39 Å². The lowest BCUT2D eigenvalue weighted by atomic mass is 9.94. The SMILES string of the molecule is C=CCS(=O)(=O)C(c1ccc(F)cc1)c1ccc(-c2ccoc2)c(OC)c1C(=O)O. The number of hydrogen-bond acceptors (Lipinski definition) is 5. The van der Waals surface area contributed by atoms with Crippen LogP contribution >= 0.6 is 0 Å². The highest BCUT2D eigenvalue weighted by Crippen LogP contribution is 2.41. The summed E-state index contributed by atoms with van der Waals surface area (Å²) in [5, 5.41) is 8.60. The van der Waals surface area contributed by atoms with Gasteiger partial charge in [-0.25, -0.2) is 17.6 Å². The highest BCUT2D eigenvalue weighted by atomic mass is 32.2. The summed E-state index contributed by atoms with van der Waals surface area (Å²) in [5.41, 5.74) is 0.969. The monoisotopic (exact) mass is 430 g/mol. The van der Waals surface area contributed by atoms with E-state index >= 15 is 0 Å². The van der Waals surface area contributed by atoms with Gasteiger partial charge in [0.15, 0.2) is 9.84 Å². The Bertz CT molecular complexity index is 1170. The second-order valence-electron chi connectivity index (χ2n) is 6.48. The minimum absolute atomic E-state index is 0.00214. The van der Waals surface area contributed by atoms with Crippen molar-refractivity contribution in [3.05, 3.63) is 90.2 Å². The van der Waals surface area contributed by atoms with Gasteiger partial charge in [-0.3, -0.25) is 0 Å². The molecule has 0 aliphatic heterocycles. The van der Waals surface area contributed by atoms with E-state index in [4.69, 9.17) is 9.15 Å². The first-order chi connectivity index (χ1) is 14.3. The number of carboxylic acid groups (broad SMARTS) is 1. The Kier molecular flexibility index (Phi) is 6.07. The number of furan rings is 1. The van der Waals surface area contributed by atoms with E-state index in [-0.39, 0.29) is 28.2 Å². The van der Waals surface area contributed by atoms with Gasteiger partial charge in [-0.15, -0.1) is 6.58 Å². The molecule has 0 aliphatic carbocycles. The van der Waals surface area contributed by atoms with Crippen molar-refractivity contribution in [1.29, 1.82) is 0 Å². The first kappa shape index (κ1) is 21.3. The van der Waals surface area contributed by atoms with E-state index in [2.05, 4.69) is 6.58 Å². The van der Waals surface area contributed by atoms with E-state index in [0.717, 1.165) is 12.1 Å². The second kappa shape index (κ2) is 8.54. The van der Waals surface area contributed by atoms with Crippen LogP contribution in [0.5, 0.6) is 5.75 Å². The van der Waals surface area contributed by atoms with E-state index in [1.165, 1.54) is 43.9 Å². The van der Waals surface area contributed by atoms with Crippen molar-refractivity contribution in [2.45, 2.75) is 5.25 Å². The molecule has 0 fully saturated rings. The molecule has 1 atom stereocenters. The lowest BCUT2D eigenvalue weighted by molar-refractivity contribution is 0.0692. The maximum absolute atomic E-state index is 13.4. The third-order valence-corrected chi connectivity index (χ3v) is 6.55. The Morgan fingerprint density at radius 3 is 2.47 bits per heavy atom. The first-order valence-electron chi connectivity index (χ1n) is 8.84. The Hall–Kier alpha value is -3.39. The lowest BCUT2D eigenvalue weighted by Gasteiger charge is -2.22. The average Bonchev–Trinajstić information content (AvgIpc) is 3.23. The molecule has 3 rings (SSSR count). The second-order valence-corrected chi connectivity index (χ2v) is 8.61. The summed E-state index contributed by atoms with van der Waals surface area (Å²) < 4.78 is 50.1. The molecule has 30 heavy (non-hydrogen) atoms. The van der Waals surface area contributed by atoms with Crippen LogP contribution in [0, 0.1) is 5.82 Å². The number of hydrogen-bond donors (Lipinski definition) is 1. The number of methoxy groups -OCH3 is 1. The van der Waals surface area contributed by atoms with Crippen LogP contribution in [0.1, 0.15) is 26.7 Å². The fraction of sp³-hybridized carbons (Fsp3) is 0.136. The highest BCUT2D eigenvalue weighted by molar-refractivity contribution is 7.92. The number of rotatable bonds is 8. The van der Waals surface area contributed by atoms with Crippen molar-refractivity contribution >= 4 is 15.8 Å². The van der Waals surface area contributed by atoms with E-state index in [9.17, 15) is 22.7 Å². The van der Waals surface area contributed by atoms with Gasteiger partial charge in [-0.2, -0.15) is 0 Å². The van der Waals surface area contributed by atoms with Gasteiger partial charge in [0.25, 0.3) is 0 Å². The van der Waals surface area contributed by atoms with Crippen LogP contribution in [0.3, 0.4) is 0 Å². The normalized spacial score (nSPS) is 12.3. The molecule has 0 bridgehead atoms. The smallest absolute Gasteiger partial charge is 0.339 e. The molecule has 0 amide bonds. The standard InChI is InChI=1S/C22H19FO6S/c1-3-12-30(26,27)21(14-4-6-16(23)7-5-14)18-9-8-17(15-10-11-29-13-15)20(28-2)19(18)22(24)25/h3-11,13,21H,1,12H2,2H3,(H,24,25). The minimum Gasteiger partial charge on any atom is -0.495 e. The lowest BCUT2D eigenvalue weighted by Crippen LogP contribution is -2.20. The fourth-order valence-corrected chi connectivity index (χ4v) is 5.05. The van der Waals surface area contributed by atoms with Crippen molar-refractivity contribution in [1.82, 2.24) is 0 Å². The maximum atomic E-state index is 13.4. The number of carboxylic acids is 1. The van der Waals surface area contributed by atoms with Crippen molar-refractivity contribution < 1.29 is 31.9 Å². The van der Waals surface area contributed by atoms with Crippen molar-refractivity contribution in [3.8, 4) is 16.9 Å². The molecule has 0 aliphatic rings. The molecular formula is C22H19FO6S. The summed E-state index contributed by atoms with van der Waals surface area (Å²) in [6.45, 7) is 3.48. The summed E-state index contributed by atoms with van der Waals surface area (Å²) in [6, 6.07) is 9.54. The van der Waals surface area contributed by atoms with Gasteiger partial charge in [0, 0.05) is 11.1 Å². The van der Waals surface area contributed by atoms with Crippen LogP contribution in [0.25, 0.3) is 11.1 Å². The Morgan fingerprint density at radius 1 is 1.23 bits per heavy atom. The average molecular weight is 430 g/mol. The van der Waals surface area contributed by atoms with Gasteiger partial charge < -0.3 is 14.3 Å². The summed E-state index contributed by atoms with van der Waals surface area (Å²) >= 11 is 0. The number of sulfone groups is 1. The molecule has 0 saturated heterocycles. The van der Waals surface area contributed by atoms with Crippen molar-refractivity contribution in [3.63, 3.8) is 0 Å². The number of aromatic carboxylic acids is 1. The molecule has 1 aromatic heterocycles. The Morgan fingerprint density at radius 2 is 1.93 bits per heavy atom. The quantitative estimate of drug-likeness (QED) is 0.530. The van der Waals surface area contributed by atoms with Crippen LogP contribution in [-0.2, 0) is 9.84 Å². The predicted octanol–water partition coefficient (Wildman–Crippen LogP) is 4.48. The molecule has 1 heterocycles. The van der Waals surface area contributed by atoms with Gasteiger partial charge in [-0.05, 0) is 29.3 Å². The van der Waals surface area contributed by atoms with Crippen LogP contribution in [0.2, 0.25) is 0 Å². The maximum Gasteiger partial charge on any atom is 0.339 e. The third kappa shape index (κ3) is 3.99. The van der Waals surface area contributed by atoms with E-state index in [1.54, 1.807) is 12.1 Å². The van der Waals surface area contributed by atoms with Crippen LogP contribution in [-0.4, -0.2) is 32.4 Å². The van der Waals surface area contributed by atoms with E-state index in [0.29, 0.717) is 11.1 Å². The fourth-order valence-electron chi connectivity index (χ4n) is 3.37. The summed E-state index contributed by atoms with van der Waals surface area (Å²) in [5.74, 6) is -2.28. The molecule has 8 heteroatoms. The molecule has 1 N–H and O–H groups in total. The number of ether oxygens (including phenoxy) is 1. The van der Waals surface area contributed by atoms with Crippen LogP contribution < -0.4 is 4.74 Å². The molecule has 2 aromatic carbocycles. The van der Waals surface area contributed by atoms with E-state index in [1.807, 2.05) is 0 Å². The predicted molar refractivity (Wildman–Crippen MR) is 110 cm³/mol. The molecule has 3 aromatic rings. The Balaban J connectivity index is 2.34. The van der Waals surface area contributed by atoms with Crippen molar-refractivity contribution in [2.24, 2.45) is 0 Å². The largest absolute Gasteiger partial charge is 0.495 e. The van der Waals surface area contributed by atoms with Crippen LogP contribution in [0.15, 0.2) is 72.1 Å². The summed E-state index contributed by atoms with van der Waals surface area (Å²) in [4.78, 5) is 12.2. The molecule has 0 radical (unpaired) electrons. The molecule has 6 nitrogen and oxygen atoms in total. The highest BCUT2D eigenvalue weighted by Gasteiger charge is 2.34. The zero-order valence-electron chi connectivity index (χ0n) is 16.0. The topological polar surface area (TPSA) is 93.8 Å². The van der Waals surface area contributed by atoms with Gasteiger partial charge in [-0.1, -0.05) is 30.3 Å². The first-order valence-corrected chi connectivity index (χ1v) is 10.6. The third-order valence-electron chi connectivity index (χ3n) is 4.60. The Labute approximate surface area is 173 Å². The van der Waals surface area contributed by atoms with Gasteiger partial charge in [0.1, 0.15) is 22.4 Å². The molecule has 0 saturated carbocycles. The van der Waals surface area contributed by atoms with Crippen molar-refractivity contribution in [2.75, 3.05) is 12.9 Å². The van der Waals surface area contributed by atoms with Gasteiger partial charge >= 0.3 is 5.97 Å². The van der Waals surface area contributed by atoms with E-state index < -0.39 is 26.9 Å². The molecule has 1 unspecified atom stereocenters. The number of carbonyl (C=O) groups is 1. The summed E-state index contributed by atoms with van der Waals surface area (Å²) in [7, 11) is -2.61. The summed E-state index contributed by atoms with van der Waals surface area (Å²) in [6.07, 6.45) is 4.08. The number of benzene rings is 2. The molecule has 156 valence electrons. The van der Waals surface area contributed by atoms with Gasteiger partial charge in [0.05, 0.1) is 25.4 Å². The zero-order valence-corrected chi connectivity index (χ0v) is 16.9. The molecular weight excluding hydrogens is 411 g/mol. The minimum atomic E-state index is -3.92. The van der Waals surface area contributed by atoms with Gasteiger partial charge in [0.2, 0.25) is 0 Å². The number of halogens is 1.